The lowest BCUT2D eigenvalue weighted by atomic mass is 9.86. The van der Waals surface area contributed by atoms with Gasteiger partial charge in [0.05, 0.1) is 6.42 Å². The third-order valence-electron chi connectivity index (χ3n) is 4.15. The number of carboxylic acids is 1. The number of carbonyl (C=O) groups excluding carboxylic acids is 1. The van der Waals surface area contributed by atoms with E-state index in [2.05, 4.69) is 32.2 Å². The highest BCUT2D eigenvalue weighted by molar-refractivity contribution is 5.80. The third-order valence-corrected chi connectivity index (χ3v) is 4.15. The van der Waals surface area contributed by atoms with Crippen molar-refractivity contribution in [2.45, 2.75) is 45.4 Å². The van der Waals surface area contributed by atoms with E-state index in [1.54, 1.807) is 0 Å². The molecule has 0 atom stereocenters. The van der Waals surface area contributed by atoms with Crippen LogP contribution in [0.4, 0.5) is 0 Å². The van der Waals surface area contributed by atoms with Crippen molar-refractivity contribution in [3.63, 3.8) is 0 Å². The molecule has 2 aromatic rings. The van der Waals surface area contributed by atoms with Crippen LogP contribution in [0.25, 0.3) is 0 Å². The first-order valence-electron chi connectivity index (χ1n) is 9.10. The second kappa shape index (κ2) is 9.21. The van der Waals surface area contributed by atoms with Crippen LogP contribution in [0.2, 0.25) is 0 Å². The Bertz CT molecular complexity index is 776. The molecule has 0 saturated carbocycles. The molecule has 2 N–H and O–H groups in total. The minimum absolute atomic E-state index is 0.00458. The third kappa shape index (κ3) is 6.77. The highest BCUT2D eigenvalue weighted by Gasteiger charge is 2.18. The van der Waals surface area contributed by atoms with Crippen molar-refractivity contribution in [3.05, 3.63) is 59.7 Å². The molecule has 0 unspecified atom stereocenters. The first-order chi connectivity index (χ1) is 12.8. The van der Waals surface area contributed by atoms with Crippen LogP contribution in [0, 0.1) is 0 Å². The summed E-state index contributed by atoms with van der Waals surface area (Å²) in [5, 5.41) is 11.3. The smallest absolute Gasteiger partial charge is 0.303 e. The van der Waals surface area contributed by atoms with E-state index in [1.807, 2.05) is 42.5 Å². The summed E-state index contributed by atoms with van der Waals surface area (Å²) < 4.78 is 6.06. The maximum atomic E-state index is 11.5. The number of hydrogen-bond acceptors (Lipinski definition) is 3. The predicted molar refractivity (Wildman–Crippen MR) is 105 cm³/mol. The second-order valence-corrected chi connectivity index (χ2v) is 7.49. The maximum Gasteiger partial charge on any atom is 0.303 e. The molecule has 0 aliphatic carbocycles. The topological polar surface area (TPSA) is 75.6 Å². The molecule has 0 radical (unpaired) electrons. The van der Waals surface area contributed by atoms with Crippen LogP contribution in [0.15, 0.2) is 48.5 Å². The van der Waals surface area contributed by atoms with Crippen LogP contribution in [0.3, 0.4) is 0 Å². The summed E-state index contributed by atoms with van der Waals surface area (Å²) in [6.45, 7) is 6.95. The first-order valence-corrected chi connectivity index (χ1v) is 9.10. The van der Waals surface area contributed by atoms with Gasteiger partial charge in [-0.1, -0.05) is 51.1 Å². The molecule has 0 aliphatic heterocycles. The number of benzene rings is 2. The van der Waals surface area contributed by atoms with E-state index >= 15 is 0 Å². The van der Waals surface area contributed by atoms with E-state index in [1.165, 1.54) is 0 Å². The van der Waals surface area contributed by atoms with Crippen LogP contribution in [-0.2, 0) is 21.4 Å². The van der Waals surface area contributed by atoms with Crippen molar-refractivity contribution < 1.29 is 19.4 Å². The predicted octanol–water partition coefficient (Wildman–Crippen LogP) is 4.30. The Morgan fingerprint density at radius 3 is 2.30 bits per heavy atom. The Morgan fingerprint density at radius 2 is 1.67 bits per heavy atom. The molecule has 0 fully saturated rings. The molecule has 0 heterocycles. The van der Waals surface area contributed by atoms with Crippen molar-refractivity contribution >= 4 is 11.9 Å². The van der Waals surface area contributed by atoms with Crippen molar-refractivity contribution in [1.29, 1.82) is 0 Å². The van der Waals surface area contributed by atoms with Gasteiger partial charge in [0, 0.05) is 18.5 Å². The van der Waals surface area contributed by atoms with Gasteiger partial charge < -0.3 is 15.2 Å². The number of amides is 1. The highest BCUT2D eigenvalue weighted by atomic mass is 16.5. The van der Waals surface area contributed by atoms with Crippen LogP contribution in [0.5, 0.6) is 11.5 Å². The molecule has 144 valence electrons. The number of nitrogens with one attached hydrogen (secondary N) is 1. The monoisotopic (exact) mass is 369 g/mol. The zero-order chi connectivity index (χ0) is 19.9. The maximum absolute atomic E-state index is 11.5. The number of rotatable bonds is 8. The van der Waals surface area contributed by atoms with Gasteiger partial charge in [-0.15, -0.1) is 0 Å². The molecule has 0 aliphatic rings. The fourth-order valence-corrected chi connectivity index (χ4v) is 2.68. The summed E-state index contributed by atoms with van der Waals surface area (Å²) in [4.78, 5) is 22.0. The van der Waals surface area contributed by atoms with E-state index in [0.29, 0.717) is 13.0 Å². The molecule has 0 aromatic heterocycles. The van der Waals surface area contributed by atoms with Gasteiger partial charge in [-0.05, 0) is 35.6 Å². The first kappa shape index (κ1) is 20.5. The van der Waals surface area contributed by atoms with Crippen LogP contribution >= 0.6 is 0 Å². The second-order valence-electron chi connectivity index (χ2n) is 7.49. The highest BCUT2D eigenvalue weighted by Crippen LogP contribution is 2.33. The number of aliphatic carboxylic acids is 1. The molecule has 0 spiro atoms. The Kier molecular flexibility index (Phi) is 6.99. The SMILES string of the molecule is CC(C)(C)c1ccccc1Oc1ccc(CCNC(=O)CCC(=O)O)cc1. The van der Waals surface area contributed by atoms with Crippen molar-refractivity contribution in [1.82, 2.24) is 5.32 Å². The Labute approximate surface area is 160 Å². The van der Waals surface area contributed by atoms with Gasteiger partial charge >= 0.3 is 5.97 Å². The fourth-order valence-electron chi connectivity index (χ4n) is 2.68. The van der Waals surface area contributed by atoms with Crippen LogP contribution in [0.1, 0.15) is 44.7 Å². The van der Waals surface area contributed by atoms with Gasteiger partial charge in [0.1, 0.15) is 11.5 Å². The molecular weight excluding hydrogens is 342 g/mol. The van der Waals surface area contributed by atoms with E-state index in [-0.39, 0.29) is 24.2 Å². The van der Waals surface area contributed by atoms with Gasteiger partial charge in [-0.25, -0.2) is 0 Å². The Morgan fingerprint density at radius 1 is 1.00 bits per heavy atom. The lowest BCUT2D eigenvalue weighted by Gasteiger charge is -2.22. The molecule has 5 heteroatoms. The molecule has 2 aromatic carbocycles. The van der Waals surface area contributed by atoms with E-state index in [0.717, 1.165) is 22.6 Å². The lowest BCUT2D eigenvalue weighted by molar-refractivity contribution is -0.138. The largest absolute Gasteiger partial charge is 0.481 e. The van der Waals surface area contributed by atoms with E-state index in [9.17, 15) is 9.59 Å². The molecule has 0 bridgehead atoms. The van der Waals surface area contributed by atoms with Gasteiger partial charge in [-0.3, -0.25) is 9.59 Å². The van der Waals surface area contributed by atoms with Gasteiger partial charge in [0.2, 0.25) is 5.91 Å². The Hall–Kier alpha value is -2.82. The van der Waals surface area contributed by atoms with Gasteiger partial charge in [-0.2, -0.15) is 0 Å². The molecule has 2 rings (SSSR count). The average Bonchev–Trinajstić information content (AvgIpc) is 2.61. The molecule has 5 nitrogen and oxygen atoms in total. The zero-order valence-electron chi connectivity index (χ0n) is 16.1. The summed E-state index contributed by atoms with van der Waals surface area (Å²) in [6, 6.07) is 15.8. The number of hydrogen-bond donors (Lipinski definition) is 2. The summed E-state index contributed by atoms with van der Waals surface area (Å²) in [7, 11) is 0. The lowest BCUT2D eigenvalue weighted by Crippen LogP contribution is -2.25. The van der Waals surface area contributed by atoms with Crippen molar-refractivity contribution in [2.24, 2.45) is 0 Å². The molecular formula is C22H27NO4. The van der Waals surface area contributed by atoms with Crippen molar-refractivity contribution in [3.8, 4) is 11.5 Å². The van der Waals surface area contributed by atoms with E-state index in [4.69, 9.17) is 9.84 Å². The number of ether oxygens (including phenoxy) is 1. The normalized spacial score (nSPS) is 11.1. The minimum atomic E-state index is -0.964. The van der Waals surface area contributed by atoms with Crippen LogP contribution < -0.4 is 10.1 Å². The molecule has 0 saturated heterocycles. The fraction of sp³-hybridized carbons (Fsp3) is 0.364. The van der Waals surface area contributed by atoms with E-state index < -0.39 is 5.97 Å². The summed E-state index contributed by atoms with van der Waals surface area (Å²) >= 11 is 0. The molecule has 27 heavy (non-hydrogen) atoms. The average molecular weight is 369 g/mol. The van der Waals surface area contributed by atoms with Gasteiger partial charge in [0.25, 0.3) is 0 Å². The summed E-state index contributed by atoms with van der Waals surface area (Å²) in [6.07, 6.45) is 0.543. The van der Waals surface area contributed by atoms with Crippen molar-refractivity contribution in [2.75, 3.05) is 6.54 Å². The van der Waals surface area contributed by atoms with Gasteiger partial charge in [0.15, 0.2) is 0 Å². The molecule has 1 amide bonds. The number of carboxylic acid groups (broad SMARTS) is 1. The minimum Gasteiger partial charge on any atom is -0.481 e. The number of carbonyl (C=O) groups is 2. The zero-order valence-corrected chi connectivity index (χ0v) is 16.1. The van der Waals surface area contributed by atoms with Crippen LogP contribution in [-0.4, -0.2) is 23.5 Å². The Balaban J connectivity index is 1.89. The quantitative estimate of drug-likeness (QED) is 0.727. The number of para-hydroxylation sites is 1. The summed E-state index contributed by atoms with van der Waals surface area (Å²) in [5.74, 6) is 0.411. The summed E-state index contributed by atoms with van der Waals surface area (Å²) in [5.41, 5.74) is 2.22. The standard InChI is InChI=1S/C22H27NO4/c1-22(2,3)18-6-4-5-7-19(18)27-17-10-8-16(9-11-17)14-15-23-20(24)12-13-21(25)26/h4-11H,12-15H2,1-3H3,(H,23,24)(H,25,26).